The molecule has 15 aliphatic rings. The van der Waals surface area contributed by atoms with Crippen LogP contribution in [0.5, 0.6) is 0 Å². The maximum absolute atomic E-state index is 4.97. The first-order chi connectivity index (χ1) is 67.5. The van der Waals surface area contributed by atoms with E-state index >= 15 is 0 Å². The molecule has 1 radical (unpaired) electrons. The van der Waals surface area contributed by atoms with E-state index in [0.29, 0.717) is 81.6 Å². The van der Waals surface area contributed by atoms with Crippen LogP contribution in [-0.2, 0) is 155 Å². The van der Waals surface area contributed by atoms with Gasteiger partial charge in [-0.2, -0.15) is 0 Å². The molecule has 28 nitrogen and oxygen atoms in total. The third-order valence-corrected chi connectivity index (χ3v) is 28.7. The number of hydrogen-bond acceptors (Lipinski definition) is 18. The fourth-order valence-electron chi connectivity index (χ4n) is 18.3. The smallest absolute Gasteiger partial charge is 0.660 e. The summed E-state index contributed by atoms with van der Waals surface area (Å²) in [6, 6.07) is 32.4. The van der Waals surface area contributed by atoms with Crippen LogP contribution in [0.2, 0.25) is 0 Å². The number of hydrogen-bond donors (Lipinski definition) is 0. The molecular weight excluding hydrogens is 2520 g/mol. The third-order valence-electron chi connectivity index (χ3n) is 28.7. The summed E-state index contributed by atoms with van der Waals surface area (Å²) in [6.45, 7) is 46.5. The molecule has 40 bridgehead atoms. The SMILES string of the molecule is CC1(C)C2=NC(=Cc3ccc([n-]3)C(C)(C)C3=NC(=Cc4ccc1[n-]4)C=C3)C=C2.CC1(C)C2=NC(=Nc3ccc([n-]3)C(C)(C)C3=NC(=Nc4ccc1[n-]4)C=C3)C=C2.CC1(C)C2=NC(=Nc3ccc([n-]3)C(C)(C)C3=NC(=Nc4ccc1[n-]4)C=C3)C=C2.CC1(C)C2=NC(=Nc3cnc([n-]3)C(C)(C)C3=NC(=Nc4cnc1[n-]4)C=C3)C=C2.CC1=C2C=CC(=N2)C(C)(C)c2ccc([n-]2)C(C)=C2C=CC(=N2)C(C)(C)c2ccc1[n-]2.[Cu+2].[Pd+2].[Pt+2].[Pt+2].[Pt+2]. The predicted octanol–water partition coefficient (Wildman–Crippen LogP) is 20.6. The molecule has 33 heteroatoms. The van der Waals surface area contributed by atoms with Crippen LogP contribution in [0.3, 0.4) is 0 Å². The summed E-state index contributed by atoms with van der Waals surface area (Å²) in [7, 11) is 0. The minimum Gasteiger partial charge on any atom is -0.660 e. The normalized spacial score (nSPS) is 20.6. The molecule has 147 heavy (non-hydrogen) atoms. The monoisotopic (exact) mass is 2620 g/mol. The van der Waals surface area contributed by atoms with Crippen molar-refractivity contribution in [2.24, 2.45) is 79.9 Å². The average molecular weight is 2620 g/mol. The zero-order valence-electron chi connectivity index (χ0n) is 85.2. The summed E-state index contributed by atoms with van der Waals surface area (Å²) in [5.41, 5.74) is 23.4. The standard InChI is InChI=1S/C26H26N4.C24H22N4.2C22H20N6.C20H18N8.Cu.Pd.3Pt/c1-15-17-7-11-21(27-17)25(3,4)23-13-9-19(29-23)16(2)20-10-14-24(30-20)26(5,6)22-12-8-18(15)28-22;1-23(2)19-9-5-15(25-19)13-17-7-11-21(27-17)24(3,4)22-12-8-18(28-22)14-16-6-10-20(23)26-16;2*1-21(2)13-5-9-17(23-13)27-19-11-7-15(25-19)22(3,4)16-8-12-20(26-16)28-18-10-6-14(21)24-18;1-19(2)11-5-7-13(23-11)25-16-10-22-18(28-16)20(3,4)12-6-8-14(24-12)26-15-9-21-17(19)27-15;;;;;/h7-14H,1-6H3;5-14H,1-4H3;2*5-12H,1-4H3;5-10H,1-4H3;;;;;/q5*-2;5*+2. The van der Waals surface area contributed by atoms with Gasteiger partial charge >= 0.3 is 101 Å². The van der Waals surface area contributed by atoms with Gasteiger partial charge in [0.2, 0.25) is 0 Å². The number of fused-ring (bicyclic) bond motifs is 30. The maximum atomic E-state index is 4.97. The Morgan fingerprint density at radius 2 is 0.415 bits per heavy atom. The van der Waals surface area contributed by atoms with Crippen molar-refractivity contribution in [3.05, 3.63) is 334 Å². The Labute approximate surface area is 922 Å². The van der Waals surface area contributed by atoms with Gasteiger partial charge in [-0.25, -0.2) is 9.98 Å². The number of rotatable bonds is 0. The van der Waals surface area contributed by atoms with Crippen molar-refractivity contribution in [3.63, 3.8) is 0 Å². The van der Waals surface area contributed by atoms with Gasteiger partial charge in [-0.3, -0.25) is 39.9 Å². The van der Waals surface area contributed by atoms with Gasteiger partial charge in [-0.15, -0.1) is 45.6 Å². The number of aliphatic imine (C=N–C) groups is 16. The van der Waals surface area contributed by atoms with E-state index in [1.54, 1.807) is 12.4 Å². The molecule has 10 aromatic rings. The largest absolute Gasteiger partial charge is 2.00 e. The van der Waals surface area contributed by atoms with E-state index in [4.69, 9.17) is 79.8 Å². The second kappa shape index (κ2) is 39.9. The van der Waals surface area contributed by atoms with Crippen LogP contribution >= 0.6 is 0 Å². The van der Waals surface area contributed by atoms with Crippen molar-refractivity contribution in [2.45, 2.75) is 206 Å². The molecule has 0 unspecified atom stereocenters. The topological polar surface area (TPSA) is 365 Å². The van der Waals surface area contributed by atoms with E-state index in [0.717, 1.165) is 159 Å². The number of aromatic nitrogens is 12. The van der Waals surface area contributed by atoms with E-state index in [1.165, 1.54) is 0 Å². The van der Waals surface area contributed by atoms with Crippen molar-refractivity contribution < 1.29 is 101 Å². The summed E-state index contributed by atoms with van der Waals surface area (Å²) in [5, 5.41) is 0. The number of nitrogens with zero attached hydrogens (tertiary/aromatic N) is 28. The van der Waals surface area contributed by atoms with Crippen LogP contribution in [0.15, 0.2) is 334 Å². The summed E-state index contributed by atoms with van der Waals surface area (Å²) in [4.78, 5) is 132. The minimum atomic E-state index is -0.478. The fourth-order valence-corrected chi connectivity index (χ4v) is 18.3. The molecule has 0 N–H and O–H groups in total. The zero-order chi connectivity index (χ0) is 99.3. The summed E-state index contributed by atoms with van der Waals surface area (Å²) in [5.74, 6) is 8.79. The van der Waals surface area contributed by atoms with Crippen LogP contribution in [0.4, 0.5) is 34.9 Å². The molecule has 753 valence electrons. The second-order valence-corrected chi connectivity index (χ2v) is 42.3. The zero-order valence-corrected chi connectivity index (χ0v) is 94.5. The van der Waals surface area contributed by atoms with Gasteiger partial charge in [0.05, 0.1) is 92.1 Å². The average Bonchev–Trinajstić information content (AvgIpc) is 1.61. The van der Waals surface area contributed by atoms with Crippen molar-refractivity contribution in [1.29, 1.82) is 0 Å². The van der Waals surface area contributed by atoms with E-state index in [2.05, 4.69) is 282 Å². The van der Waals surface area contributed by atoms with Crippen molar-refractivity contribution in [1.82, 2.24) is 59.8 Å². The van der Waals surface area contributed by atoms with Crippen molar-refractivity contribution in [3.8, 4) is 0 Å². The van der Waals surface area contributed by atoms with Gasteiger partial charge in [0.25, 0.3) is 0 Å². The number of imidazole rings is 2. The Kier molecular flexibility index (Phi) is 29.0. The molecule has 0 spiro atoms. The quantitative estimate of drug-likeness (QED) is 0.128. The Balaban J connectivity index is 0.000000130. The van der Waals surface area contributed by atoms with Gasteiger partial charge in [0.1, 0.15) is 0 Å². The van der Waals surface area contributed by atoms with Crippen molar-refractivity contribution in [2.75, 3.05) is 0 Å². The summed E-state index contributed by atoms with van der Waals surface area (Å²) in [6.07, 6.45) is 47.4. The molecule has 0 aliphatic carbocycles. The molecule has 0 fully saturated rings. The van der Waals surface area contributed by atoms with Gasteiger partial charge in [0.15, 0.2) is 0 Å². The predicted molar refractivity (Wildman–Crippen MR) is 573 cm³/mol. The van der Waals surface area contributed by atoms with Crippen LogP contribution in [0.25, 0.3) is 23.3 Å². The molecule has 10 aromatic heterocycles. The van der Waals surface area contributed by atoms with E-state index in [-0.39, 0.29) is 144 Å². The molecule has 0 saturated heterocycles. The minimum absolute atomic E-state index is 0. The first kappa shape index (κ1) is 107. The summed E-state index contributed by atoms with van der Waals surface area (Å²) < 4.78 is 0. The van der Waals surface area contributed by atoms with Crippen molar-refractivity contribution >= 4 is 150 Å². The van der Waals surface area contributed by atoms with Crippen LogP contribution in [-0.4, -0.2) is 102 Å². The fraction of sp³-hybridized carbons (Fsp3) is 0.281. The van der Waals surface area contributed by atoms with Gasteiger partial charge in [-0.05, 0) is 198 Å². The Morgan fingerprint density at radius 3 is 0.701 bits per heavy atom. The Bertz CT molecular complexity index is 6880. The first-order valence-corrected chi connectivity index (χ1v) is 47.7. The van der Waals surface area contributed by atoms with Crippen LogP contribution in [0.1, 0.15) is 232 Å². The molecule has 0 saturated carbocycles. The second-order valence-electron chi connectivity index (χ2n) is 42.3. The number of amidine groups is 6. The molecule has 15 aliphatic heterocycles. The molecule has 0 aromatic carbocycles. The van der Waals surface area contributed by atoms with Gasteiger partial charge in [-0.1, -0.05) is 266 Å². The van der Waals surface area contributed by atoms with Gasteiger partial charge in [0, 0.05) is 88.6 Å². The molecule has 25 heterocycles. The molecular formula is C114H106CuN28PdPt3. The molecule has 0 atom stereocenters. The maximum Gasteiger partial charge on any atom is 2.00 e. The van der Waals surface area contributed by atoms with E-state index in [1.807, 2.05) is 161 Å². The Hall–Kier alpha value is -13.0. The summed E-state index contributed by atoms with van der Waals surface area (Å²) >= 11 is 0. The Morgan fingerprint density at radius 1 is 0.197 bits per heavy atom. The van der Waals surface area contributed by atoms with E-state index < -0.39 is 10.8 Å². The van der Waals surface area contributed by atoms with Crippen LogP contribution in [0, 0.1) is 0 Å². The number of allylic oxidation sites excluding steroid dienone is 16. The molecule has 25 rings (SSSR count). The van der Waals surface area contributed by atoms with Crippen LogP contribution < -0.4 is 49.8 Å². The molecule has 0 amide bonds. The van der Waals surface area contributed by atoms with Gasteiger partial charge < -0.3 is 89.8 Å². The third kappa shape index (κ3) is 20.3. The first-order valence-electron chi connectivity index (χ1n) is 47.7. The van der Waals surface area contributed by atoms with E-state index in [9.17, 15) is 0 Å².